The summed E-state index contributed by atoms with van der Waals surface area (Å²) in [5.41, 5.74) is 3.02. The van der Waals surface area contributed by atoms with Crippen LogP contribution >= 0.6 is 0 Å². The Morgan fingerprint density at radius 3 is 3.00 bits per heavy atom. The van der Waals surface area contributed by atoms with Gasteiger partial charge in [-0.25, -0.2) is 4.98 Å². The Morgan fingerprint density at radius 1 is 1.39 bits per heavy atom. The maximum Gasteiger partial charge on any atom is 0.138 e. The molecule has 4 nitrogen and oxygen atoms in total. The van der Waals surface area contributed by atoms with Crippen LogP contribution in [-0.4, -0.2) is 19.7 Å². The van der Waals surface area contributed by atoms with Crippen molar-refractivity contribution in [2.75, 3.05) is 0 Å². The Hall–Kier alpha value is -1.84. The van der Waals surface area contributed by atoms with Crippen molar-refractivity contribution in [3.8, 4) is 0 Å². The molecule has 0 atom stereocenters. The van der Waals surface area contributed by atoms with E-state index in [0.717, 1.165) is 34.9 Å². The number of rotatable bonds is 3. The highest BCUT2D eigenvalue weighted by atomic mass is 15.3. The second-order valence-electron chi connectivity index (χ2n) is 5.43. The molecule has 94 valence electrons. The first-order valence-electron chi connectivity index (χ1n) is 6.44. The Bertz CT molecular complexity index is 690. The van der Waals surface area contributed by atoms with Gasteiger partial charge in [0.2, 0.25) is 0 Å². The molecule has 0 aromatic carbocycles. The van der Waals surface area contributed by atoms with Gasteiger partial charge in [-0.2, -0.15) is 5.10 Å². The van der Waals surface area contributed by atoms with Gasteiger partial charge >= 0.3 is 0 Å². The molecule has 0 bridgehead atoms. The molecule has 0 aliphatic rings. The lowest BCUT2D eigenvalue weighted by Gasteiger charge is -2.25. The monoisotopic (exact) mass is 242 g/mol. The lowest BCUT2D eigenvalue weighted by Crippen LogP contribution is -2.26. The Kier molecular flexibility index (Phi) is 2.40. The van der Waals surface area contributed by atoms with Gasteiger partial charge < -0.3 is 4.98 Å². The third kappa shape index (κ3) is 1.60. The minimum absolute atomic E-state index is 0.0299. The summed E-state index contributed by atoms with van der Waals surface area (Å²) in [6, 6.07) is 4.21. The highest BCUT2D eigenvalue weighted by Gasteiger charge is 2.22. The van der Waals surface area contributed by atoms with Gasteiger partial charge in [0, 0.05) is 11.6 Å². The summed E-state index contributed by atoms with van der Waals surface area (Å²) in [7, 11) is 0. The molecule has 3 aromatic heterocycles. The number of fused-ring (bicyclic) bond motifs is 2. The molecule has 3 rings (SSSR count). The molecule has 4 heteroatoms. The van der Waals surface area contributed by atoms with Crippen LogP contribution in [0.3, 0.4) is 0 Å². The fourth-order valence-corrected chi connectivity index (χ4v) is 2.62. The predicted molar refractivity (Wildman–Crippen MR) is 73.6 cm³/mol. The van der Waals surface area contributed by atoms with E-state index in [9.17, 15) is 0 Å². The van der Waals surface area contributed by atoms with Gasteiger partial charge in [0.25, 0.3) is 0 Å². The molecule has 0 fully saturated rings. The van der Waals surface area contributed by atoms with Gasteiger partial charge in [0.15, 0.2) is 0 Å². The molecule has 18 heavy (non-hydrogen) atoms. The Morgan fingerprint density at radius 2 is 2.22 bits per heavy atom. The maximum absolute atomic E-state index is 4.59. The van der Waals surface area contributed by atoms with E-state index < -0.39 is 0 Å². The zero-order valence-electron chi connectivity index (χ0n) is 11.1. The number of aromatic nitrogens is 4. The predicted octanol–water partition coefficient (Wildman–Crippen LogP) is 3.45. The molecular formula is C14H18N4. The van der Waals surface area contributed by atoms with Crippen LogP contribution in [0.5, 0.6) is 0 Å². The first-order valence-corrected chi connectivity index (χ1v) is 6.44. The third-order valence-corrected chi connectivity index (χ3v) is 3.50. The van der Waals surface area contributed by atoms with Gasteiger partial charge in [-0.3, -0.25) is 4.68 Å². The molecular weight excluding hydrogens is 224 g/mol. The average Bonchev–Trinajstić information content (AvgIpc) is 2.90. The van der Waals surface area contributed by atoms with Crippen LogP contribution in [0, 0.1) is 0 Å². The summed E-state index contributed by atoms with van der Waals surface area (Å²) in [5.74, 6) is 0. The molecule has 0 unspecified atom stereocenters. The van der Waals surface area contributed by atoms with Crippen LogP contribution in [0.2, 0.25) is 0 Å². The molecule has 0 saturated heterocycles. The quantitative estimate of drug-likeness (QED) is 0.764. The topological polar surface area (TPSA) is 46.5 Å². The summed E-state index contributed by atoms with van der Waals surface area (Å²) < 4.78 is 2.10. The molecule has 0 radical (unpaired) electrons. The van der Waals surface area contributed by atoms with Crippen molar-refractivity contribution >= 4 is 22.1 Å². The highest BCUT2D eigenvalue weighted by Crippen LogP contribution is 2.27. The summed E-state index contributed by atoms with van der Waals surface area (Å²) in [6.45, 7) is 6.66. The molecule has 3 heterocycles. The lowest BCUT2D eigenvalue weighted by atomic mass is 9.99. The van der Waals surface area contributed by atoms with Crippen LogP contribution < -0.4 is 0 Å². The van der Waals surface area contributed by atoms with Gasteiger partial charge in [-0.15, -0.1) is 0 Å². The van der Waals surface area contributed by atoms with E-state index >= 15 is 0 Å². The van der Waals surface area contributed by atoms with Crippen molar-refractivity contribution in [2.45, 2.75) is 39.2 Å². The van der Waals surface area contributed by atoms with E-state index in [1.807, 2.05) is 18.5 Å². The van der Waals surface area contributed by atoms with Crippen molar-refractivity contribution in [3.63, 3.8) is 0 Å². The fraction of sp³-hybridized carbons (Fsp3) is 0.429. The molecule has 0 amide bonds. The minimum Gasteiger partial charge on any atom is -0.346 e. The van der Waals surface area contributed by atoms with Crippen molar-refractivity contribution in [1.29, 1.82) is 0 Å². The first-order chi connectivity index (χ1) is 8.62. The number of nitrogens with zero attached hydrogens (tertiary/aromatic N) is 3. The standard InChI is InChI=1S/C14H18N4/c1-4-6-14(2,3)18-12-8-10-5-7-15-13(10)17-11(12)9-16-18/h5,7-9H,4,6H2,1-3H3,(H,15,17). The van der Waals surface area contributed by atoms with Crippen molar-refractivity contribution in [2.24, 2.45) is 0 Å². The molecule has 0 aliphatic carbocycles. The summed E-state index contributed by atoms with van der Waals surface area (Å²) in [5, 5.41) is 5.66. The largest absolute Gasteiger partial charge is 0.346 e. The Labute approximate surface area is 106 Å². The van der Waals surface area contributed by atoms with Gasteiger partial charge in [0.05, 0.1) is 17.3 Å². The maximum atomic E-state index is 4.59. The van der Waals surface area contributed by atoms with Crippen LogP contribution in [0.15, 0.2) is 24.5 Å². The van der Waals surface area contributed by atoms with Crippen LogP contribution in [0.4, 0.5) is 0 Å². The van der Waals surface area contributed by atoms with Crippen LogP contribution in [-0.2, 0) is 5.54 Å². The number of hydrogen-bond donors (Lipinski definition) is 1. The smallest absolute Gasteiger partial charge is 0.138 e. The third-order valence-electron chi connectivity index (χ3n) is 3.50. The average molecular weight is 242 g/mol. The number of H-pyrrole nitrogens is 1. The van der Waals surface area contributed by atoms with E-state index in [1.54, 1.807) is 0 Å². The van der Waals surface area contributed by atoms with E-state index in [4.69, 9.17) is 0 Å². The molecule has 3 aromatic rings. The number of nitrogens with one attached hydrogen (secondary N) is 1. The summed E-state index contributed by atoms with van der Waals surface area (Å²) in [4.78, 5) is 7.73. The summed E-state index contributed by atoms with van der Waals surface area (Å²) >= 11 is 0. The normalized spacial score (nSPS) is 12.6. The zero-order chi connectivity index (χ0) is 12.8. The van der Waals surface area contributed by atoms with Gasteiger partial charge in [-0.05, 0) is 32.4 Å². The van der Waals surface area contributed by atoms with Crippen molar-refractivity contribution in [3.05, 3.63) is 24.5 Å². The van der Waals surface area contributed by atoms with Gasteiger partial charge in [0.1, 0.15) is 11.2 Å². The van der Waals surface area contributed by atoms with Crippen LogP contribution in [0.1, 0.15) is 33.6 Å². The molecule has 1 N–H and O–H groups in total. The molecule has 0 aliphatic heterocycles. The SMILES string of the molecule is CCCC(C)(C)n1ncc2nc3[nH]ccc3cc21. The minimum atomic E-state index is 0.0299. The van der Waals surface area contributed by atoms with Gasteiger partial charge in [-0.1, -0.05) is 13.3 Å². The lowest BCUT2D eigenvalue weighted by molar-refractivity contribution is 0.303. The molecule has 0 saturated carbocycles. The van der Waals surface area contributed by atoms with Crippen LogP contribution in [0.25, 0.3) is 22.1 Å². The van der Waals surface area contributed by atoms with E-state index in [-0.39, 0.29) is 5.54 Å². The van der Waals surface area contributed by atoms with Crippen molar-refractivity contribution in [1.82, 2.24) is 19.7 Å². The summed E-state index contributed by atoms with van der Waals surface area (Å²) in [6.07, 6.45) is 6.03. The zero-order valence-corrected chi connectivity index (χ0v) is 11.1. The Balaban J connectivity index is 2.23. The number of hydrogen-bond acceptors (Lipinski definition) is 2. The fourth-order valence-electron chi connectivity index (χ4n) is 2.62. The number of pyridine rings is 1. The highest BCUT2D eigenvalue weighted by molar-refractivity contribution is 5.89. The second-order valence-corrected chi connectivity index (χ2v) is 5.43. The van der Waals surface area contributed by atoms with E-state index in [0.29, 0.717) is 0 Å². The van der Waals surface area contributed by atoms with E-state index in [1.165, 1.54) is 0 Å². The first kappa shape index (κ1) is 11.3. The second kappa shape index (κ2) is 3.83. The van der Waals surface area contributed by atoms with E-state index in [2.05, 4.69) is 46.6 Å². The molecule has 0 spiro atoms. The van der Waals surface area contributed by atoms with Crippen molar-refractivity contribution < 1.29 is 0 Å². The number of aromatic amines is 1.